The van der Waals surface area contributed by atoms with Gasteiger partial charge in [-0.2, -0.15) is 0 Å². The van der Waals surface area contributed by atoms with Gasteiger partial charge >= 0.3 is 0 Å². The number of amides is 1. The highest BCUT2D eigenvalue weighted by molar-refractivity contribution is 6.30. The van der Waals surface area contributed by atoms with Crippen LogP contribution in [-0.2, 0) is 13.6 Å². The van der Waals surface area contributed by atoms with Crippen molar-refractivity contribution in [3.05, 3.63) is 58.9 Å². The summed E-state index contributed by atoms with van der Waals surface area (Å²) < 4.78 is 1.82. The number of benzene rings is 1. The van der Waals surface area contributed by atoms with Crippen LogP contribution >= 0.6 is 11.6 Å². The molecule has 0 aliphatic carbocycles. The first-order valence-corrected chi connectivity index (χ1v) is 6.07. The van der Waals surface area contributed by atoms with Crippen molar-refractivity contribution >= 4 is 17.5 Å². The first kappa shape index (κ1) is 12.7. The van der Waals surface area contributed by atoms with Crippen molar-refractivity contribution in [2.45, 2.75) is 6.54 Å². The Labute approximate surface area is 112 Å². The SMILES string of the molecule is CN(Cc1ccc(Cl)cc1)C(=O)c1cccn1C. The molecule has 4 heteroatoms. The molecule has 0 unspecified atom stereocenters. The van der Waals surface area contributed by atoms with Crippen LogP contribution in [0.2, 0.25) is 5.02 Å². The van der Waals surface area contributed by atoms with Crippen molar-refractivity contribution in [2.24, 2.45) is 7.05 Å². The molecule has 94 valence electrons. The van der Waals surface area contributed by atoms with Crippen molar-refractivity contribution in [2.75, 3.05) is 7.05 Å². The number of rotatable bonds is 3. The van der Waals surface area contributed by atoms with Gasteiger partial charge in [-0.1, -0.05) is 23.7 Å². The summed E-state index contributed by atoms with van der Waals surface area (Å²) >= 11 is 5.83. The molecule has 1 amide bonds. The fourth-order valence-electron chi connectivity index (χ4n) is 1.81. The second kappa shape index (κ2) is 5.27. The van der Waals surface area contributed by atoms with Crippen molar-refractivity contribution in [1.82, 2.24) is 9.47 Å². The fraction of sp³-hybridized carbons (Fsp3) is 0.214. The summed E-state index contributed by atoms with van der Waals surface area (Å²) in [7, 11) is 3.66. The highest BCUT2D eigenvalue weighted by Crippen LogP contribution is 2.12. The molecule has 2 rings (SSSR count). The van der Waals surface area contributed by atoms with E-state index < -0.39 is 0 Å². The second-order valence-corrected chi connectivity index (χ2v) is 4.73. The summed E-state index contributed by atoms with van der Waals surface area (Å²) in [6.07, 6.45) is 1.86. The Morgan fingerprint density at radius 3 is 2.50 bits per heavy atom. The summed E-state index contributed by atoms with van der Waals surface area (Å²) in [4.78, 5) is 13.9. The van der Waals surface area contributed by atoms with Gasteiger partial charge < -0.3 is 9.47 Å². The second-order valence-electron chi connectivity index (χ2n) is 4.29. The molecule has 0 saturated carbocycles. The zero-order chi connectivity index (χ0) is 13.1. The zero-order valence-corrected chi connectivity index (χ0v) is 11.2. The van der Waals surface area contributed by atoms with Gasteiger partial charge in [-0.3, -0.25) is 4.79 Å². The Balaban J connectivity index is 2.08. The maximum atomic E-state index is 12.2. The molecule has 2 aromatic rings. The lowest BCUT2D eigenvalue weighted by Crippen LogP contribution is -2.27. The Kier molecular flexibility index (Phi) is 3.72. The zero-order valence-electron chi connectivity index (χ0n) is 10.4. The molecular weight excluding hydrogens is 248 g/mol. The van der Waals surface area contributed by atoms with Gasteiger partial charge in [0.1, 0.15) is 5.69 Å². The molecule has 0 spiro atoms. The standard InChI is InChI=1S/C14H15ClN2O/c1-16-9-3-4-13(16)14(18)17(2)10-11-5-7-12(15)8-6-11/h3-9H,10H2,1-2H3. The van der Waals surface area contributed by atoms with Gasteiger partial charge in [0, 0.05) is 31.9 Å². The summed E-state index contributed by atoms with van der Waals surface area (Å²) in [5.74, 6) is 0.0115. The van der Waals surface area contributed by atoms with Crippen molar-refractivity contribution < 1.29 is 4.79 Å². The minimum Gasteiger partial charge on any atom is -0.347 e. The molecule has 1 heterocycles. The predicted octanol–water partition coefficient (Wildman–Crippen LogP) is 2.95. The number of carbonyl (C=O) groups excluding carboxylic acids is 1. The van der Waals surface area contributed by atoms with Crippen LogP contribution in [0.4, 0.5) is 0 Å². The topological polar surface area (TPSA) is 25.2 Å². The predicted molar refractivity (Wildman–Crippen MR) is 72.7 cm³/mol. The van der Waals surface area contributed by atoms with Crippen LogP contribution in [0.15, 0.2) is 42.6 Å². The maximum Gasteiger partial charge on any atom is 0.270 e. The third-order valence-corrected chi connectivity index (χ3v) is 3.09. The number of halogens is 1. The van der Waals surface area contributed by atoms with E-state index in [9.17, 15) is 4.79 Å². The van der Waals surface area contributed by atoms with Crippen LogP contribution in [-0.4, -0.2) is 22.4 Å². The van der Waals surface area contributed by atoms with E-state index in [1.807, 2.05) is 54.2 Å². The number of hydrogen-bond acceptors (Lipinski definition) is 1. The van der Waals surface area contributed by atoms with E-state index in [-0.39, 0.29) is 5.91 Å². The fourth-order valence-corrected chi connectivity index (χ4v) is 1.94. The number of carbonyl (C=O) groups is 1. The minimum atomic E-state index is 0.0115. The Bertz CT molecular complexity index is 545. The Morgan fingerprint density at radius 1 is 1.28 bits per heavy atom. The summed E-state index contributed by atoms with van der Waals surface area (Å²) in [6, 6.07) is 11.2. The van der Waals surface area contributed by atoms with Crippen LogP contribution in [0.25, 0.3) is 0 Å². The third-order valence-electron chi connectivity index (χ3n) is 2.84. The molecule has 0 fully saturated rings. The maximum absolute atomic E-state index is 12.2. The Morgan fingerprint density at radius 2 is 1.94 bits per heavy atom. The average molecular weight is 263 g/mol. The van der Waals surface area contributed by atoms with Gasteiger partial charge in [0.25, 0.3) is 5.91 Å². The van der Waals surface area contributed by atoms with E-state index in [0.29, 0.717) is 17.3 Å². The summed E-state index contributed by atoms with van der Waals surface area (Å²) in [5, 5.41) is 0.704. The van der Waals surface area contributed by atoms with Crippen LogP contribution in [0.3, 0.4) is 0 Å². The number of aromatic nitrogens is 1. The average Bonchev–Trinajstić information content (AvgIpc) is 2.77. The van der Waals surface area contributed by atoms with Gasteiger partial charge in [-0.15, -0.1) is 0 Å². The van der Waals surface area contributed by atoms with Crippen molar-refractivity contribution in [3.63, 3.8) is 0 Å². The van der Waals surface area contributed by atoms with Crippen LogP contribution in [0.5, 0.6) is 0 Å². The number of aryl methyl sites for hydroxylation is 1. The molecule has 0 atom stereocenters. The largest absolute Gasteiger partial charge is 0.347 e. The van der Waals surface area contributed by atoms with Gasteiger partial charge in [-0.05, 0) is 29.8 Å². The smallest absolute Gasteiger partial charge is 0.270 e. The van der Waals surface area contributed by atoms with Crippen LogP contribution in [0, 0.1) is 0 Å². The molecule has 0 aliphatic heterocycles. The first-order chi connectivity index (χ1) is 8.58. The van der Waals surface area contributed by atoms with Gasteiger partial charge in [0.15, 0.2) is 0 Å². The van der Waals surface area contributed by atoms with Crippen LogP contribution < -0.4 is 0 Å². The first-order valence-electron chi connectivity index (χ1n) is 5.69. The quantitative estimate of drug-likeness (QED) is 0.835. The van der Waals surface area contributed by atoms with Crippen molar-refractivity contribution in [3.8, 4) is 0 Å². The molecule has 3 nitrogen and oxygen atoms in total. The van der Waals surface area contributed by atoms with Gasteiger partial charge in [0.2, 0.25) is 0 Å². The van der Waals surface area contributed by atoms with E-state index in [2.05, 4.69) is 0 Å². The van der Waals surface area contributed by atoms with Crippen LogP contribution in [0.1, 0.15) is 16.1 Å². The van der Waals surface area contributed by atoms with E-state index in [1.54, 1.807) is 11.9 Å². The molecule has 0 aliphatic rings. The highest BCUT2D eigenvalue weighted by atomic mass is 35.5. The molecule has 1 aromatic carbocycles. The van der Waals surface area contributed by atoms with Gasteiger partial charge in [-0.25, -0.2) is 0 Å². The Hall–Kier alpha value is -1.74. The summed E-state index contributed by atoms with van der Waals surface area (Å²) in [5.41, 5.74) is 1.75. The monoisotopic (exact) mass is 262 g/mol. The van der Waals surface area contributed by atoms with Crippen molar-refractivity contribution in [1.29, 1.82) is 0 Å². The van der Waals surface area contributed by atoms with E-state index in [0.717, 1.165) is 5.56 Å². The molecule has 0 saturated heterocycles. The van der Waals surface area contributed by atoms with E-state index >= 15 is 0 Å². The molecule has 0 radical (unpaired) electrons. The number of nitrogens with zero attached hydrogens (tertiary/aromatic N) is 2. The molecule has 18 heavy (non-hydrogen) atoms. The molecule has 0 N–H and O–H groups in total. The lowest BCUT2D eigenvalue weighted by atomic mass is 10.2. The van der Waals surface area contributed by atoms with E-state index in [4.69, 9.17) is 11.6 Å². The number of hydrogen-bond donors (Lipinski definition) is 0. The highest BCUT2D eigenvalue weighted by Gasteiger charge is 2.14. The summed E-state index contributed by atoms with van der Waals surface area (Å²) in [6.45, 7) is 0.571. The molecular formula is C14H15ClN2O. The van der Waals surface area contributed by atoms with E-state index in [1.165, 1.54) is 0 Å². The lowest BCUT2D eigenvalue weighted by molar-refractivity contribution is 0.0775. The molecule has 0 bridgehead atoms. The normalized spacial score (nSPS) is 10.4. The lowest BCUT2D eigenvalue weighted by Gasteiger charge is -2.17. The third kappa shape index (κ3) is 2.74. The molecule has 1 aromatic heterocycles. The minimum absolute atomic E-state index is 0.0115. The van der Waals surface area contributed by atoms with Gasteiger partial charge in [0.05, 0.1) is 0 Å².